The molecule has 1 fully saturated rings. The molecule has 3 heteroatoms. The van der Waals surface area contributed by atoms with Gasteiger partial charge in [0.05, 0.1) is 0 Å². The Morgan fingerprint density at radius 3 is 2.53 bits per heavy atom. The number of rotatable bonds is 4. The third-order valence-corrected chi connectivity index (χ3v) is 4.07. The van der Waals surface area contributed by atoms with Gasteiger partial charge in [0.2, 0.25) is 5.91 Å². The van der Waals surface area contributed by atoms with Gasteiger partial charge in [-0.15, -0.1) is 0 Å². The molecule has 1 amide bonds. The molecule has 0 saturated heterocycles. The van der Waals surface area contributed by atoms with Crippen LogP contribution in [-0.4, -0.2) is 18.5 Å². The van der Waals surface area contributed by atoms with E-state index in [0.717, 1.165) is 25.7 Å². The molecule has 3 N–H and O–H groups in total. The van der Waals surface area contributed by atoms with Gasteiger partial charge in [-0.25, -0.2) is 0 Å². The summed E-state index contributed by atoms with van der Waals surface area (Å²) in [6, 6.07) is 0.258. The standard InChI is InChI=1S/C14H28N2O/c1-5-12(14(2,3)4)16-13(17)11-8-6-7-10(11)9-15/h10-12H,5-9,15H2,1-4H3,(H,16,17)/t10-,11-,12?/m1/s1. The predicted molar refractivity (Wildman–Crippen MR) is 71.6 cm³/mol. The smallest absolute Gasteiger partial charge is 0.223 e. The van der Waals surface area contributed by atoms with Crippen LogP contribution in [0.15, 0.2) is 0 Å². The van der Waals surface area contributed by atoms with Crippen molar-refractivity contribution in [2.45, 2.75) is 59.4 Å². The van der Waals surface area contributed by atoms with Crippen LogP contribution in [0.1, 0.15) is 53.4 Å². The third kappa shape index (κ3) is 3.70. The van der Waals surface area contributed by atoms with Crippen LogP contribution in [0, 0.1) is 17.3 Å². The van der Waals surface area contributed by atoms with Crippen molar-refractivity contribution in [2.75, 3.05) is 6.54 Å². The van der Waals surface area contributed by atoms with E-state index in [9.17, 15) is 4.79 Å². The highest BCUT2D eigenvalue weighted by Gasteiger charge is 2.34. The van der Waals surface area contributed by atoms with E-state index in [1.165, 1.54) is 0 Å². The summed E-state index contributed by atoms with van der Waals surface area (Å²) in [5, 5.41) is 3.22. The number of carbonyl (C=O) groups is 1. The molecule has 0 aromatic rings. The maximum Gasteiger partial charge on any atom is 0.223 e. The lowest BCUT2D eigenvalue weighted by molar-refractivity contribution is -0.127. The average Bonchev–Trinajstić information content (AvgIpc) is 2.71. The number of hydrogen-bond acceptors (Lipinski definition) is 2. The lowest BCUT2D eigenvalue weighted by Crippen LogP contribution is -2.46. The lowest BCUT2D eigenvalue weighted by atomic mass is 9.84. The van der Waals surface area contributed by atoms with Gasteiger partial charge in [0, 0.05) is 12.0 Å². The van der Waals surface area contributed by atoms with Gasteiger partial charge in [-0.05, 0) is 37.1 Å². The van der Waals surface area contributed by atoms with Gasteiger partial charge in [-0.3, -0.25) is 4.79 Å². The maximum absolute atomic E-state index is 12.3. The summed E-state index contributed by atoms with van der Waals surface area (Å²) in [4.78, 5) is 12.3. The highest BCUT2D eigenvalue weighted by molar-refractivity contribution is 5.79. The third-order valence-electron chi connectivity index (χ3n) is 4.07. The Hall–Kier alpha value is -0.570. The quantitative estimate of drug-likeness (QED) is 0.792. The number of hydrogen-bond donors (Lipinski definition) is 2. The number of nitrogens with two attached hydrogens (primary N) is 1. The molecule has 17 heavy (non-hydrogen) atoms. The van der Waals surface area contributed by atoms with Crippen molar-refractivity contribution in [3.63, 3.8) is 0 Å². The first kappa shape index (κ1) is 14.5. The van der Waals surface area contributed by atoms with Crippen LogP contribution in [0.4, 0.5) is 0 Å². The van der Waals surface area contributed by atoms with Crippen LogP contribution >= 0.6 is 0 Å². The van der Waals surface area contributed by atoms with E-state index >= 15 is 0 Å². The molecule has 0 spiro atoms. The zero-order valence-electron chi connectivity index (χ0n) is 11.8. The summed E-state index contributed by atoms with van der Waals surface area (Å²) in [5.74, 6) is 0.767. The molecule has 1 unspecified atom stereocenters. The number of nitrogens with one attached hydrogen (secondary N) is 1. The van der Waals surface area contributed by atoms with Crippen LogP contribution in [0.25, 0.3) is 0 Å². The van der Waals surface area contributed by atoms with E-state index in [4.69, 9.17) is 5.73 Å². The Kier molecular flexibility index (Phi) is 4.99. The topological polar surface area (TPSA) is 55.1 Å². The minimum Gasteiger partial charge on any atom is -0.353 e. The van der Waals surface area contributed by atoms with E-state index in [0.29, 0.717) is 12.5 Å². The number of carbonyl (C=O) groups excluding carboxylic acids is 1. The fraction of sp³-hybridized carbons (Fsp3) is 0.929. The van der Waals surface area contributed by atoms with Crippen LogP contribution in [-0.2, 0) is 4.79 Å². The van der Waals surface area contributed by atoms with Crippen LogP contribution in [0.2, 0.25) is 0 Å². The zero-order chi connectivity index (χ0) is 13.1. The summed E-state index contributed by atoms with van der Waals surface area (Å²) in [6.45, 7) is 9.30. The molecule has 0 bridgehead atoms. The molecule has 1 aliphatic rings. The summed E-state index contributed by atoms with van der Waals surface area (Å²) in [6.07, 6.45) is 4.25. The van der Waals surface area contributed by atoms with Crippen molar-refractivity contribution in [1.29, 1.82) is 0 Å². The van der Waals surface area contributed by atoms with Crippen molar-refractivity contribution in [3.8, 4) is 0 Å². The summed E-state index contributed by atoms with van der Waals surface area (Å²) in [5.41, 5.74) is 5.86. The van der Waals surface area contributed by atoms with E-state index < -0.39 is 0 Å². The molecule has 3 atom stereocenters. The second-order valence-corrected chi connectivity index (χ2v) is 6.37. The van der Waals surface area contributed by atoms with E-state index in [2.05, 4.69) is 33.0 Å². The molecule has 3 nitrogen and oxygen atoms in total. The minimum absolute atomic E-state index is 0.126. The van der Waals surface area contributed by atoms with Gasteiger partial charge in [-0.2, -0.15) is 0 Å². The average molecular weight is 240 g/mol. The fourth-order valence-corrected chi connectivity index (χ4v) is 2.87. The Labute approximate surface area is 106 Å². The first-order valence-corrected chi connectivity index (χ1v) is 6.90. The van der Waals surface area contributed by atoms with Crippen molar-refractivity contribution < 1.29 is 4.79 Å². The Bertz CT molecular complexity index is 257. The Balaban J connectivity index is 2.58. The van der Waals surface area contributed by atoms with Crippen molar-refractivity contribution >= 4 is 5.91 Å². The summed E-state index contributed by atoms with van der Waals surface area (Å²) in [7, 11) is 0. The fourth-order valence-electron chi connectivity index (χ4n) is 2.87. The van der Waals surface area contributed by atoms with Gasteiger partial charge in [0.1, 0.15) is 0 Å². The highest BCUT2D eigenvalue weighted by atomic mass is 16.2. The summed E-state index contributed by atoms with van der Waals surface area (Å²) < 4.78 is 0. The van der Waals surface area contributed by atoms with Crippen LogP contribution in [0.3, 0.4) is 0 Å². The molecule has 0 aromatic heterocycles. The monoisotopic (exact) mass is 240 g/mol. The second kappa shape index (κ2) is 5.85. The second-order valence-electron chi connectivity index (χ2n) is 6.37. The molecule has 1 saturated carbocycles. The minimum atomic E-state index is 0.126. The van der Waals surface area contributed by atoms with E-state index in [-0.39, 0.29) is 23.3 Å². The van der Waals surface area contributed by atoms with Gasteiger partial charge >= 0.3 is 0 Å². The normalized spacial score (nSPS) is 26.9. The van der Waals surface area contributed by atoms with Crippen molar-refractivity contribution in [3.05, 3.63) is 0 Å². The first-order valence-electron chi connectivity index (χ1n) is 6.90. The molecule has 1 rings (SSSR count). The summed E-state index contributed by atoms with van der Waals surface area (Å²) >= 11 is 0. The SMILES string of the molecule is CCC(NC(=O)[C@@H]1CCC[C@@H]1CN)C(C)(C)C. The molecule has 0 aliphatic heterocycles. The molecule has 1 aliphatic carbocycles. The Morgan fingerprint density at radius 2 is 2.06 bits per heavy atom. The van der Waals surface area contributed by atoms with Crippen molar-refractivity contribution in [2.24, 2.45) is 23.0 Å². The first-order chi connectivity index (χ1) is 7.90. The largest absolute Gasteiger partial charge is 0.353 e. The van der Waals surface area contributed by atoms with Crippen LogP contribution in [0.5, 0.6) is 0 Å². The van der Waals surface area contributed by atoms with E-state index in [1.54, 1.807) is 0 Å². The number of amides is 1. The van der Waals surface area contributed by atoms with E-state index in [1.807, 2.05) is 0 Å². The molecule has 0 heterocycles. The Morgan fingerprint density at radius 1 is 1.41 bits per heavy atom. The predicted octanol–water partition coefficient (Wildman–Crippen LogP) is 2.30. The highest BCUT2D eigenvalue weighted by Crippen LogP contribution is 2.32. The van der Waals surface area contributed by atoms with Gasteiger partial charge in [-0.1, -0.05) is 34.1 Å². The van der Waals surface area contributed by atoms with Gasteiger partial charge in [0.25, 0.3) is 0 Å². The molecule has 0 aromatic carbocycles. The molecular weight excluding hydrogens is 212 g/mol. The zero-order valence-corrected chi connectivity index (χ0v) is 11.8. The van der Waals surface area contributed by atoms with Gasteiger partial charge in [0.15, 0.2) is 0 Å². The lowest BCUT2D eigenvalue weighted by Gasteiger charge is -2.32. The maximum atomic E-state index is 12.3. The van der Waals surface area contributed by atoms with Crippen LogP contribution < -0.4 is 11.1 Å². The molecule has 100 valence electrons. The van der Waals surface area contributed by atoms with Crippen molar-refractivity contribution in [1.82, 2.24) is 5.32 Å². The molecule has 0 radical (unpaired) electrons. The van der Waals surface area contributed by atoms with Gasteiger partial charge < -0.3 is 11.1 Å². The molecular formula is C14H28N2O.